The number of rotatable bonds is 2. The molecule has 0 aromatic heterocycles. The van der Waals surface area contributed by atoms with E-state index in [1.807, 2.05) is 5.32 Å². The SMILES string of the molecule is O=C(Nc1cccc(Br)c1)C(=O)Nc1cc(F)ccc1F. The lowest BCUT2D eigenvalue weighted by molar-refractivity contribution is -0.133. The number of benzene rings is 2. The van der Waals surface area contributed by atoms with Crippen molar-refractivity contribution in [3.05, 3.63) is 58.6 Å². The summed E-state index contributed by atoms with van der Waals surface area (Å²) in [6.45, 7) is 0. The maximum Gasteiger partial charge on any atom is 0.314 e. The second-order valence-electron chi connectivity index (χ2n) is 4.04. The maximum atomic E-state index is 13.4. The highest BCUT2D eigenvalue weighted by Gasteiger charge is 2.16. The zero-order valence-corrected chi connectivity index (χ0v) is 12.1. The molecular weight excluding hydrogens is 346 g/mol. The van der Waals surface area contributed by atoms with Crippen molar-refractivity contribution in [3.8, 4) is 0 Å². The molecule has 0 aliphatic rings. The van der Waals surface area contributed by atoms with Crippen molar-refractivity contribution in [1.29, 1.82) is 0 Å². The van der Waals surface area contributed by atoms with Crippen LogP contribution in [0, 0.1) is 11.6 Å². The van der Waals surface area contributed by atoms with Crippen molar-refractivity contribution in [2.24, 2.45) is 0 Å². The average molecular weight is 355 g/mol. The molecule has 21 heavy (non-hydrogen) atoms. The Bertz CT molecular complexity index is 707. The molecule has 0 unspecified atom stereocenters. The largest absolute Gasteiger partial charge is 0.318 e. The first kappa shape index (κ1) is 15.1. The lowest BCUT2D eigenvalue weighted by atomic mass is 10.3. The molecule has 2 aromatic rings. The van der Waals surface area contributed by atoms with Gasteiger partial charge in [-0.15, -0.1) is 0 Å². The van der Waals surface area contributed by atoms with Gasteiger partial charge in [0, 0.05) is 16.2 Å². The van der Waals surface area contributed by atoms with Crippen LogP contribution in [-0.4, -0.2) is 11.8 Å². The number of amides is 2. The quantitative estimate of drug-likeness (QED) is 0.813. The molecular formula is C14H9BrF2N2O2. The molecule has 108 valence electrons. The standard InChI is InChI=1S/C14H9BrF2N2O2/c15-8-2-1-3-10(6-8)18-13(20)14(21)19-12-7-9(16)4-5-11(12)17/h1-7H,(H,18,20)(H,19,21). The van der Waals surface area contributed by atoms with Crippen molar-refractivity contribution < 1.29 is 18.4 Å². The Morgan fingerprint density at radius 1 is 0.952 bits per heavy atom. The summed E-state index contributed by atoms with van der Waals surface area (Å²) in [7, 11) is 0. The Labute approximate surface area is 127 Å². The molecule has 2 aromatic carbocycles. The fourth-order valence-electron chi connectivity index (χ4n) is 1.53. The maximum absolute atomic E-state index is 13.4. The van der Waals surface area contributed by atoms with Gasteiger partial charge in [0.05, 0.1) is 5.69 Å². The summed E-state index contributed by atoms with van der Waals surface area (Å²) in [4.78, 5) is 23.3. The zero-order valence-electron chi connectivity index (χ0n) is 10.5. The molecule has 0 atom stereocenters. The Kier molecular flexibility index (Phi) is 4.64. The van der Waals surface area contributed by atoms with Crippen molar-refractivity contribution in [3.63, 3.8) is 0 Å². The first-order valence-electron chi connectivity index (χ1n) is 5.78. The lowest BCUT2D eigenvalue weighted by Gasteiger charge is -2.07. The van der Waals surface area contributed by atoms with Crippen molar-refractivity contribution in [2.45, 2.75) is 0 Å². The molecule has 0 saturated heterocycles. The average Bonchev–Trinajstić information content (AvgIpc) is 2.43. The van der Waals surface area contributed by atoms with Gasteiger partial charge in [-0.2, -0.15) is 0 Å². The van der Waals surface area contributed by atoms with Gasteiger partial charge in [-0.1, -0.05) is 22.0 Å². The van der Waals surface area contributed by atoms with E-state index < -0.39 is 29.1 Å². The van der Waals surface area contributed by atoms with Gasteiger partial charge < -0.3 is 10.6 Å². The van der Waals surface area contributed by atoms with Crippen LogP contribution in [0.3, 0.4) is 0 Å². The smallest absolute Gasteiger partial charge is 0.314 e. The molecule has 0 saturated carbocycles. The molecule has 0 heterocycles. The normalized spacial score (nSPS) is 10.0. The van der Waals surface area contributed by atoms with Crippen molar-refractivity contribution >= 4 is 39.1 Å². The molecule has 2 amide bonds. The van der Waals surface area contributed by atoms with Crippen LogP contribution in [-0.2, 0) is 9.59 Å². The van der Waals surface area contributed by atoms with E-state index in [1.54, 1.807) is 24.3 Å². The summed E-state index contributed by atoms with van der Waals surface area (Å²) in [5.41, 5.74) is -0.00590. The van der Waals surface area contributed by atoms with E-state index in [0.717, 1.165) is 22.7 Å². The number of carbonyl (C=O) groups is 2. The predicted molar refractivity (Wildman–Crippen MR) is 77.8 cm³/mol. The van der Waals surface area contributed by atoms with Gasteiger partial charge in [-0.05, 0) is 30.3 Å². The fraction of sp³-hybridized carbons (Fsp3) is 0. The van der Waals surface area contributed by atoms with Crippen LogP contribution in [0.5, 0.6) is 0 Å². The predicted octanol–water partition coefficient (Wildman–Crippen LogP) is 3.30. The second kappa shape index (κ2) is 6.45. The van der Waals surface area contributed by atoms with E-state index in [0.29, 0.717) is 5.69 Å². The second-order valence-corrected chi connectivity index (χ2v) is 4.96. The molecule has 2 rings (SSSR count). The van der Waals surface area contributed by atoms with Crippen LogP contribution in [0.1, 0.15) is 0 Å². The molecule has 0 radical (unpaired) electrons. The van der Waals surface area contributed by atoms with Crippen LogP contribution in [0.25, 0.3) is 0 Å². The Balaban J connectivity index is 2.06. The molecule has 0 spiro atoms. The molecule has 0 bridgehead atoms. The summed E-state index contributed by atoms with van der Waals surface area (Å²) in [5, 5.41) is 4.35. The molecule has 0 fully saturated rings. The minimum atomic E-state index is -1.10. The van der Waals surface area contributed by atoms with Crippen LogP contribution in [0.4, 0.5) is 20.2 Å². The third-order valence-corrected chi connectivity index (χ3v) is 2.96. The number of hydrogen-bond donors (Lipinski definition) is 2. The van der Waals surface area contributed by atoms with Crippen molar-refractivity contribution in [1.82, 2.24) is 0 Å². The molecule has 4 nitrogen and oxygen atoms in total. The number of nitrogens with one attached hydrogen (secondary N) is 2. The van der Waals surface area contributed by atoms with E-state index in [4.69, 9.17) is 0 Å². The molecule has 0 aliphatic heterocycles. The summed E-state index contributed by atoms with van der Waals surface area (Å²) >= 11 is 3.22. The molecule has 7 heteroatoms. The Morgan fingerprint density at radius 3 is 2.38 bits per heavy atom. The lowest BCUT2D eigenvalue weighted by Crippen LogP contribution is -2.29. The van der Waals surface area contributed by atoms with Gasteiger partial charge in [-0.3, -0.25) is 9.59 Å². The zero-order chi connectivity index (χ0) is 15.4. The monoisotopic (exact) mass is 354 g/mol. The molecule has 2 N–H and O–H groups in total. The van der Waals surface area contributed by atoms with Gasteiger partial charge >= 0.3 is 11.8 Å². The van der Waals surface area contributed by atoms with Gasteiger partial charge in [0.1, 0.15) is 11.6 Å². The van der Waals surface area contributed by atoms with Crippen LogP contribution >= 0.6 is 15.9 Å². The topological polar surface area (TPSA) is 58.2 Å². The van der Waals surface area contributed by atoms with Crippen molar-refractivity contribution in [2.75, 3.05) is 10.6 Å². The number of carbonyl (C=O) groups excluding carboxylic acids is 2. The van der Waals surface area contributed by atoms with E-state index in [2.05, 4.69) is 21.2 Å². The van der Waals surface area contributed by atoms with Crippen LogP contribution < -0.4 is 10.6 Å². The van der Waals surface area contributed by atoms with Gasteiger partial charge in [0.2, 0.25) is 0 Å². The third kappa shape index (κ3) is 4.09. The van der Waals surface area contributed by atoms with Gasteiger partial charge in [0.15, 0.2) is 0 Å². The highest BCUT2D eigenvalue weighted by Crippen LogP contribution is 2.17. The van der Waals surface area contributed by atoms with Gasteiger partial charge in [-0.25, -0.2) is 8.78 Å². The Hall–Kier alpha value is -2.28. The Morgan fingerprint density at radius 2 is 1.67 bits per heavy atom. The van der Waals surface area contributed by atoms with E-state index in [-0.39, 0.29) is 0 Å². The highest BCUT2D eigenvalue weighted by molar-refractivity contribution is 9.10. The van der Waals surface area contributed by atoms with Crippen LogP contribution in [0.15, 0.2) is 46.9 Å². The van der Waals surface area contributed by atoms with E-state index in [9.17, 15) is 18.4 Å². The van der Waals surface area contributed by atoms with E-state index >= 15 is 0 Å². The first-order chi connectivity index (χ1) is 9.95. The first-order valence-corrected chi connectivity index (χ1v) is 6.58. The van der Waals surface area contributed by atoms with E-state index in [1.165, 1.54) is 0 Å². The molecule has 0 aliphatic carbocycles. The highest BCUT2D eigenvalue weighted by atomic mass is 79.9. The van der Waals surface area contributed by atoms with Crippen LogP contribution in [0.2, 0.25) is 0 Å². The third-order valence-electron chi connectivity index (χ3n) is 2.47. The number of anilines is 2. The summed E-state index contributed by atoms with van der Waals surface area (Å²) in [6.07, 6.45) is 0. The summed E-state index contributed by atoms with van der Waals surface area (Å²) in [6, 6.07) is 9.15. The minimum Gasteiger partial charge on any atom is -0.318 e. The number of hydrogen-bond acceptors (Lipinski definition) is 2. The fourth-order valence-corrected chi connectivity index (χ4v) is 1.93. The number of halogens is 3. The minimum absolute atomic E-state index is 0.393. The summed E-state index contributed by atoms with van der Waals surface area (Å²) in [5.74, 6) is -3.64. The van der Waals surface area contributed by atoms with Gasteiger partial charge in [0.25, 0.3) is 0 Å². The summed E-state index contributed by atoms with van der Waals surface area (Å²) < 4.78 is 27.0.